The van der Waals surface area contributed by atoms with Crippen LogP contribution < -0.4 is 19.8 Å². The number of rotatable bonds is 5. The lowest BCUT2D eigenvalue weighted by atomic mass is 10.1. The van der Waals surface area contributed by atoms with Gasteiger partial charge < -0.3 is 14.2 Å². The average Bonchev–Trinajstić information content (AvgIpc) is 3.00. The normalized spacial score (nSPS) is 12.9. The Morgan fingerprint density at radius 2 is 1.87 bits per heavy atom. The van der Waals surface area contributed by atoms with Crippen molar-refractivity contribution in [2.24, 2.45) is 0 Å². The van der Waals surface area contributed by atoms with E-state index in [2.05, 4.69) is 5.10 Å². The van der Waals surface area contributed by atoms with E-state index >= 15 is 0 Å². The van der Waals surface area contributed by atoms with Crippen LogP contribution in [0.4, 0.5) is 0 Å². The smallest absolute Gasteiger partial charge is 0.267 e. The number of aromatic nitrogens is 2. The number of ether oxygens (including phenoxy) is 3. The van der Waals surface area contributed by atoms with Crippen LogP contribution in [0.3, 0.4) is 0 Å². The summed E-state index contributed by atoms with van der Waals surface area (Å²) < 4.78 is 18.2. The molecule has 154 valence electrons. The minimum atomic E-state index is -0.247. The summed E-state index contributed by atoms with van der Waals surface area (Å²) in [6.45, 7) is 2.90. The average molecular weight is 406 g/mol. The summed E-state index contributed by atoms with van der Waals surface area (Å²) in [5.41, 5.74) is 2.46. The van der Waals surface area contributed by atoms with Crippen molar-refractivity contribution in [1.82, 2.24) is 9.78 Å². The molecule has 4 rings (SSSR count). The zero-order chi connectivity index (χ0) is 21.1. The van der Waals surface area contributed by atoms with Crippen molar-refractivity contribution in [3.05, 3.63) is 70.0 Å². The van der Waals surface area contributed by atoms with Gasteiger partial charge in [0.25, 0.3) is 5.56 Å². The second-order valence-corrected chi connectivity index (χ2v) is 7.01. The topological polar surface area (TPSA) is 79.7 Å². The van der Waals surface area contributed by atoms with Gasteiger partial charge in [-0.2, -0.15) is 5.10 Å². The maximum Gasteiger partial charge on any atom is 0.267 e. The third-order valence-corrected chi connectivity index (χ3v) is 4.92. The van der Waals surface area contributed by atoms with E-state index in [-0.39, 0.29) is 17.9 Å². The van der Waals surface area contributed by atoms with Gasteiger partial charge in [-0.15, -0.1) is 0 Å². The van der Waals surface area contributed by atoms with E-state index < -0.39 is 0 Å². The highest BCUT2D eigenvalue weighted by Gasteiger charge is 2.14. The first-order chi connectivity index (χ1) is 14.5. The molecule has 0 fully saturated rings. The zero-order valence-electron chi connectivity index (χ0n) is 16.9. The van der Waals surface area contributed by atoms with Crippen molar-refractivity contribution >= 4 is 5.78 Å². The number of ketones is 1. The van der Waals surface area contributed by atoms with Crippen LogP contribution in [-0.4, -0.2) is 35.9 Å². The molecular formula is C23H22N2O5. The molecule has 7 nitrogen and oxygen atoms in total. The van der Waals surface area contributed by atoms with Gasteiger partial charge in [0.15, 0.2) is 17.3 Å². The Labute approximate surface area is 173 Å². The molecule has 1 aliphatic heterocycles. The molecule has 0 saturated carbocycles. The predicted octanol–water partition coefficient (Wildman–Crippen LogP) is 3.33. The fourth-order valence-electron chi connectivity index (χ4n) is 3.32. The van der Waals surface area contributed by atoms with Crippen molar-refractivity contribution in [1.29, 1.82) is 0 Å². The van der Waals surface area contributed by atoms with E-state index in [0.717, 1.165) is 12.0 Å². The van der Waals surface area contributed by atoms with Crippen LogP contribution >= 0.6 is 0 Å². The number of hydrogen-bond donors (Lipinski definition) is 0. The van der Waals surface area contributed by atoms with Gasteiger partial charge >= 0.3 is 0 Å². The van der Waals surface area contributed by atoms with E-state index in [1.807, 2.05) is 18.2 Å². The van der Waals surface area contributed by atoms with Crippen LogP contribution in [-0.2, 0) is 6.54 Å². The fourth-order valence-corrected chi connectivity index (χ4v) is 3.32. The quantitative estimate of drug-likeness (QED) is 0.605. The van der Waals surface area contributed by atoms with E-state index in [1.54, 1.807) is 31.4 Å². The molecule has 0 unspecified atom stereocenters. The lowest BCUT2D eigenvalue weighted by Crippen LogP contribution is -2.23. The summed E-state index contributed by atoms with van der Waals surface area (Å²) in [6, 6.07) is 13.9. The van der Waals surface area contributed by atoms with Gasteiger partial charge in [-0.25, -0.2) is 4.68 Å². The molecule has 1 aliphatic rings. The van der Waals surface area contributed by atoms with Gasteiger partial charge in [-0.3, -0.25) is 9.59 Å². The first-order valence-electron chi connectivity index (χ1n) is 9.71. The van der Waals surface area contributed by atoms with Gasteiger partial charge in [0.05, 0.1) is 32.6 Å². The van der Waals surface area contributed by atoms with Crippen molar-refractivity contribution in [3.8, 4) is 28.5 Å². The number of methoxy groups -OCH3 is 1. The fraction of sp³-hybridized carbons (Fsp3) is 0.261. The summed E-state index contributed by atoms with van der Waals surface area (Å²) >= 11 is 0. The molecule has 0 radical (unpaired) electrons. The van der Waals surface area contributed by atoms with Crippen LogP contribution in [0.5, 0.6) is 17.2 Å². The first-order valence-corrected chi connectivity index (χ1v) is 9.71. The predicted molar refractivity (Wildman–Crippen MR) is 112 cm³/mol. The maximum absolute atomic E-state index is 12.5. The number of carbonyl (C=O) groups is 1. The molecule has 30 heavy (non-hydrogen) atoms. The second-order valence-electron chi connectivity index (χ2n) is 7.01. The minimum absolute atomic E-state index is 0.0554. The highest BCUT2D eigenvalue weighted by atomic mass is 16.5. The Balaban J connectivity index is 1.70. The van der Waals surface area contributed by atoms with Crippen LogP contribution in [0.25, 0.3) is 11.3 Å². The molecule has 0 bridgehead atoms. The highest BCUT2D eigenvalue weighted by molar-refractivity contribution is 5.94. The molecule has 0 aliphatic carbocycles. The van der Waals surface area contributed by atoms with E-state index in [1.165, 1.54) is 17.7 Å². The molecule has 7 heteroatoms. The van der Waals surface area contributed by atoms with E-state index in [4.69, 9.17) is 14.2 Å². The third kappa shape index (κ3) is 4.05. The van der Waals surface area contributed by atoms with Crippen molar-refractivity contribution in [2.45, 2.75) is 19.9 Å². The summed E-state index contributed by atoms with van der Waals surface area (Å²) in [6.07, 6.45) is 0.828. The Kier molecular flexibility index (Phi) is 5.52. The molecule has 0 atom stereocenters. The number of nitrogens with zero attached hydrogens (tertiary/aromatic N) is 2. The number of carbonyl (C=O) groups excluding carboxylic acids is 1. The number of Topliss-reactive ketones (excluding diaryl/α,β-unsaturated/α-hetero) is 1. The van der Waals surface area contributed by atoms with Crippen molar-refractivity contribution in [2.75, 3.05) is 20.3 Å². The van der Waals surface area contributed by atoms with Gasteiger partial charge in [-0.05, 0) is 49.4 Å². The molecule has 1 aromatic heterocycles. The number of fused-ring (bicyclic) bond motifs is 1. The van der Waals surface area contributed by atoms with Gasteiger partial charge in [0.1, 0.15) is 5.75 Å². The molecule has 2 aromatic carbocycles. The molecule has 2 heterocycles. The van der Waals surface area contributed by atoms with Crippen LogP contribution in [0.2, 0.25) is 0 Å². The van der Waals surface area contributed by atoms with Crippen molar-refractivity contribution in [3.63, 3.8) is 0 Å². The highest BCUT2D eigenvalue weighted by Crippen LogP contribution is 2.33. The lowest BCUT2D eigenvalue weighted by Gasteiger charge is -2.13. The SMILES string of the molecule is COc1ccc(C(C)=O)cc1Cn1nc(-c2ccc3c(c2)OCCCO3)ccc1=O. The molecular weight excluding hydrogens is 384 g/mol. The Bertz CT molecular complexity index is 1150. The Hall–Kier alpha value is -3.61. The number of benzene rings is 2. The standard InChI is InChI=1S/C23H22N2O5/c1-15(26)16-4-7-20(28-2)18(12-16)14-25-23(27)9-6-19(24-25)17-5-8-21-22(13-17)30-11-3-10-29-21/h4-9,12-13H,3,10-11,14H2,1-2H3. The third-order valence-electron chi connectivity index (χ3n) is 4.92. The molecule has 3 aromatic rings. The molecule has 0 amide bonds. The summed E-state index contributed by atoms with van der Waals surface area (Å²) in [5.74, 6) is 1.91. The molecule has 0 saturated heterocycles. The van der Waals surface area contributed by atoms with E-state index in [0.29, 0.717) is 47.3 Å². The van der Waals surface area contributed by atoms with Crippen LogP contribution in [0.1, 0.15) is 29.3 Å². The summed E-state index contributed by atoms with van der Waals surface area (Å²) in [4.78, 5) is 24.2. The van der Waals surface area contributed by atoms with Crippen LogP contribution in [0, 0.1) is 0 Å². The number of hydrogen-bond acceptors (Lipinski definition) is 6. The van der Waals surface area contributed by atoms with E-state index in [9.17, 15) is 9.59 Å². The second kappa shape index (κ2) is 8.41. The van der Waals surface area contributed by atoms with Gasteiger partial charge in [-0.1, -0.05) is 0 Å². The maximum atomic E-state index is 12.5. The minimum Gasteiger partial charge on any atom is -0.496 e. The zero-order valence-corrected chi connectivity index (χ0v) is 16.9. The van der Waals surface area contributed by atoms with Gasteiger partial charge in [0.2, 0.25) is 0 Å². The summed E-state index contributed by atoms with van der Waals surface area (Å²) in [7, 11) is 1.55. The van der Waals surface area contributed by atoms with Crippen LogP contribution in [0.15, 0.2) is 53.3 Å². The molecule has 0 N–H and O–H groups in total. The Morgan fingerprint density at radius 1 is 1.07 bits per heavy atom. The van der Waals surface area contributed by atoms with Crippen molar-refractivity contribution < 1.29 is 19.0 Å². The molecule has 0 spiro atoms. The largest absolute Gasteiger partial charge is 0.496 e. The lowest BCUT2D eigenvalue weighted by molar-refractivity contribution is 0.101. The monoisotopic (exact) mass is 406 g/mol. The van der Waals surface area contributed by atoms with Gasteiger partial charge in [0, 0.05) is 29.2 Å². The first kappa shape index (κ1) is 19.7. The Morgan fingerprint density at radius 3 is 2.63 bits per heavy atom. The summed E-state index contributed by atoms with van der Waals surface area (Å²) in [5, 5.41) is 4.53.